The smallest absolute Gasteiger partial charge is 0.274 e. The zero-order chi connectivity index (χ0) is 28.9. The lowest BCUT2D eigenvalue weighted by molar-refractivity contribution is -0.138. The largest absolute Gasteiger partial charge is 0.355 e. The monoisotopic (exact) mass is 563 g/mol. The highest BCUT2D eigenvalue weighted by Gasteiger charge is 2.68. The Morgan fingerprint density at radius 1 is 0.738 bits per heavy atom. The van der Waals surface area contributed by atoms with Crippen molar-refractivity contribution in [3.8, 4) is 0 Å². The average molecular weight is 564 g/mol. The number of carbonyl (C=O) groups excluding carboxylic acids is 2. The van der Waals surface area contributed by atoms with Gasteiger partial charge in [-0.1, -0.05) is 36.4 Å². The molecule has 5 heterocycles. The molecule has 3 saturated heterocycles. The molecule has 2 amide bonds. The minimum absolute atomic E-state index is 0.293. The maximum atomic E-state index is 12.7. The van der Waals surface area contributed by atoms with Crippen LogP contribution in [-0.2, 0) is 25.4 Å². The van der Waals surface area contributed by atoms with E-state index in [9.17, 15) is 9.59 Å². The highest BCUT2D eigenvalue weighted by Crippen LogP contribution is 2.56. The number of hydrogen-bond donors (Lipinski definition) is 2. The fourth-order valence-corrected chi connectivity index (χ4v) is 6.01. The van der Waals surface area contributed by atoms with Gasteiger partial charge in [-0.2, -0.15) is 0 Å². The molecule has 2 aromatic heterocycles. The molecule has 5 atom stereocenters. The summed E-state index contributed by atoms with van der Waals surface area (Å²) in [4.78, 5) is 35.9. The molecule has 10 nitrogen and oxygen atoms in total. The van der Waals surface area contributed by atoms with Gasteiger partial charge in [-0.25, -0.2) is 4.90 Å². The molecule has 3 fully saturated rings. The number of amides is 2. The van der Waals surface area contributed by atoms with E-state index in [0.29, 0.717) is 29.4 Å². The van der Waals surface area contributed by atoms with Gasteiger partial charge in [-0.05, 0) is 73.5 Å². The van der Waals surface area contributed by atoms with Crippen molar-refractivity contribution in [1.82, 2.24) is 14.9 Å². The zero-order valence-corrected chi connectivity index (χ0v) is 23.1. The van der Waals surface area contributed by atoms with Crippen molar-refractivity contribution in [3.05, 3.63) is 120 Å². The Kier molecular flexibility index (Phi) is 6.36. The molecule has 10 heteroatoms. The number of anilines is 2. The fraction of sp³-hybridized carbons (Fsp3) is 0.250. The molecule has 2 N–H and O–H groups in total. The number of rotatable bonds is 6. The quantitative estimate of drug-likeness (QED) is 0.353. The van der Waals surface area contributed by atoms with Crippen LogP contribution in [0, 0.1) is 0 Å². The number of hydrogen-bond acceptors (Lipinski definition) is 8. The second-order valence-electron chi connectivity index (χ2n) is 10.9. The first kappa shape index (κ1) is 26.4. The van der Waals surface area contributed by atoms with E-state index in [0.717, 1.165) is 11.1 Å². The van der Waals surface area contributed by atoms with Gasteiger partial charge >= 0.3 is 0 Å². The number of aromatic nitrogens is 2. The number of carbonyl (C=O) groups is 2. The van der Waals surface area contributed by atoms with Crippen LogP contribution in [0.5, 0.6) is 0 Å². The molecular formula is C32H29N5O5. The van der Waals surface area contributed by atoms with E-state index in [1.54, 1.807) is 48.8 Å². The topological polar surface area (TPSA) is 115 Å². The molecule has 42 heavy (non-hydrogen) atoms. The number of nitrogens with one attached hydrogen (secondary N) is 2. The van der Waals surface area contributed by atoms with Crippen molar-refractivity contribution in [1.29, 1.82) is 0 Å². The third kappa shape index (κ3) is 4.36. The van der Waals surface area contributed by atoms with Crippen LogP contribution in [0.15, 0.2) is 97.3 Å². The minimum Gasteiger partial charge on any atom is -0.355 e. The van der Waals surface area contributed by atoms with Crippen LogP contribution in [0.1, 0.15) is 46.0 Å². The van der Waals surface area contributed by atoms with Crippen LogP contribution in [0.4, 0.5) is 11.4 Å². The van der Waals surface area contributed by atoms with Crippen molar-refractivity contribution >= 4 is 23.2 Å². The molecule has 0 spiro atoms. The summed E-state index contributed by atoms with van der Waals surface area (Å²) < 4.78 is 19.7. The number of ether oxygens (including phenoxy) is 3. The molecule has 0 bridgehead atoms. The van der Waals surface area contributed by atoms with Gasteiger partial charge in [-0.3, -0.25) is 19.6 Å². The second kappa shape index (κ2) is 10.1. The van der Waals surface area contributed by atoms with Crippen molar-refractivity contribution in [2.45, 2.75) is 43.7 Å². The van der Waals surface area contributed by atoms with Crippen LogP contribution >= 0.6 is 0 Å². The molecule has 7 rings (SSSR count). The third-order valence-corrected chi connectivity index (χ3v) is 8.13. The molecule has 0 aliphatic carbocycles. The summed E-state index contributed by atoms with van der Waals surface area (Å²) in [5, 5.41) is 5.87. The molecule has 0 unspecified atom stereocenters. The first-order valence-corrected chi connectivity index (χ1v) is 13.8. The standard InChI is InChI=1S/C32H29N5O5/c1-31(20-9-7-11-22(17-20)35-27(38)24-13-3-5-15-33-24)29-37-26(19-40-29)41-32(2,30(37)42-31)21-10-8-12-23(18-21)36-28(39)25-14-4-6-16-34-25/h3-18,26,29-30H,19H2,1-2H3,(H,35,38)(H,36,39)/t26-,29-,30-,31+,32+/m0/s1. The van der Waals surface area contributed by atoms with Gasteiger partial charge < -0.3 is 24.8 Å². The van der Waals surface area contributed by atoms with E-state index >= 15 is 0 Å². The normalized spacial score (nSPS) is 27.9. The van der Waals surface area contributed by atoms with Crippen LogP contribution in [-0.4, -0.2) is 52.0 Å². The number of benzene rings is 2. The summed E-state index contributed by atoms with van der Waals surface area (Å²) >= 11 is 0. The van der Waals surface area contributed by atoms with Gasteiger partial charge in [0.1, 0.15) is 41.3 Å². The van der Waals surface area contributed by atoms with E-state index in [-0.39, 0.29) is 18.0 Å². The summed E-state index contributed by atoms with van der Waals surface area (Å²) in [6.45, 7) is 4.39. The lowest BCUT2D eigenvalue weighted by Crippen LogP contribution is -2.40. The fourth-order valence-electron chi connectivity index (χ4n) is 6.01. The van der Waals surface area contributed by atoms with E-state index in [1.807, 2.05) is 62.4 Å². The predicted octanol–water partition coefficient (Wildman–Crippen LogP) is 4.48. The lowest BCUT2D eigenvalue weighted by atomic mass is 9.93. The van der Waals surface area contributed by atoms with Crippen LogP contribution in [0.2, 0.25) is 0 Å². The summed E-state index contributed by atoms with van der Waals surface area (Å²) in [5.74, 6) is -0.585. The molecule has 2 aromatic carbocycles. The molecular weight excluding hydrogens is 534 g/mol. The predicted molar refractivity (Wildman–Crippen MR) is 153 cm³/mol. The van der Waals surface area contributed by atoms with Gasteiger partial charge in [0.05, 0.1) is 6.61 Å². The maximum Gasteiger partial charge on any atom is 0.274 e. The summed E-state index contributed by atoms with van der Waals surface area (Å²) in [5.41, 5.74) is 1.96. The molecule has 0 radical (unpaired) electrons. The maximum absolute atomic E-state index is 12.7. The summed E-state index contributed by atoms with van der Waals surface area (Å²) in [6, 6.07) is 25.6. The number of pyridine rings is 2. The van der Waals surface area contributed by atoms with Crippen LogP contribution < -0.4 is 10.6 Å². The van der Waals surface area contributed by atoms with E-state index in [1.165, 1.54) is 0 Å². The minimum atomic E-state index is -0.846. The Labute approximate surface area is 242 Å². The van der Waals surface area contributed by atoms with Crippen molar-refractivity contribution in [2.75, 3.05) is 17.2 Å². The highest BCUT2D eigenvalue weighted by atomic mass is 16.7. The van der Waals surface area contributed by atoms with Gasteiger partial charge in [0.25, 0.3) is 11.8 Å². The molecule has 0 saturated carbocycles. The summed E-state index contributed by atoms with van der Waals surface area (Å²) in [6.07, 6.45) is 2.01. The third-order valence-electron chi connectivity index (χ3n) is 8.13. The Bertz CT molecular complexity index is 1560. The zero-order valence-electron chi connectivity index (χ0n) is 23.1. The SMILES string of the molecule is C[C@]1(c2cccc(NC(=O)c3ccccn3)c2)O[C@H]2CO[C@@H]3N2[C@H]1O[C@]3(C)c1cccc(NC(=O)c2ccccn2)c1. The van der Waals surface area contributed by atoms with Crippen LogP contribution in [0.25, 0.3) is 0 Å². The first-order valence-electron chi connectivity index (χ1n) is 13.8. The van der Waals surface area contributed by atoms with Gasteiger partial charge in [-0.15, -0.1) is 0 Å². The highest BCUT2D eigenvalue weighted by molar-refractivity contribution is 6.03. The average Bonchev–Trinajstić information content (AvgIpc) is 3.67. The lowest BCUT2D eigenvalue weighted by Gasteiger charge is -2.33. The van der Waals surface area contributed by atoms with Gasteiger partial charge in [0.15, 0.2) is 0 Å². The molecule has 212 valence electrons. The molecule has 3 aliphatic rings. The van der Waals surface area contributed by atoms with E-state index in [2.05, 4.69) is 25.5 Å². The number of nitrogens with zero attached hydrogens (tertiary/aromatic N) is 3. The van der Waals surface area contributed by atoms with Crippen molar-refractivity contribution < 1.29 is 23.8 Å². The van der Waals surface area contributed by atoms with Gasteiger partial charge in [0, 0.05) is 23.8 Å². The Balaban J connectivity index is 1.15. The van der Waals surface area contributed by atoms with E-state index in [4.69, 9.17) is 14.2 Å². The second-order valence-corrected chi connectivity index (χ2v) is 10.9. The first-order chi connectivity index (χ1) is 20.3. The Hall–Kier alpha value is -4.48. The molecule has 4 aromatic rings. The van der Waals surface area contributed by atoms with Crippen LogP contribution in [0.3, 0.4) is 0 Å². The molecule has 3 aliphatic heterocycles. The van der Waals surface area contributed by atoms with Gasteiger partial charge in [0.2, 0.25) is 0 Å². The Morgan fingerprint density at radius 3 is 1.81 bits per heavy atom. The van der Waals surface area contributed by atoms with Crippen molar-refractivity contribution in [2.24, 2.45) is 0 Å². The van der Waals surface area contributed by atoms with Crippen molar-refractivity contribution in [3.63, 3.8) is 0 Å². The Morgan fingerprint density at radius 2 is 1.29 bits per heavy atom. The van der Waals surface area contributed by atoms with E-state index < -0.39 is 23.7 Å². The summed E-state index contributed by atoms with van der Waals surface area (Å²) in [7, 11) is 0.